The van der Waals surface area contributed by atoms with Crippen molar-refractivity contribution in [1.29, 1.82) is 0 Å². The van der Waals surface area contributed by atoms with Gasteiger partial charge in [0.25, 0.3) is 20.2 Å². The Morgan fingerprint density at radius 2 is 0.639 bits per heavy atom. The molecule has 0 aliphatic heterocycles. The molecular formula is C44H74O15S2. The smallest absolute Gasteiger partial charge is 0.298 e. The van der Waals surface area contributed by atoms with Crippen LogP contribution in [0, 0.1) is 0 Å². The Bertz CT molecular complexity index is 1490. The van der Waals surface area contributed by atoms with Crippen molar-refractivity contribution in [2.24, 2.45) is 0 Å². The van der Waals surface area contributed by atoms with E-state index >= 15 is 0 Å². The van der Waals surface area contributed by atoms with E-state index in [1.807, 2.05) is 12.1 Å². The minimum Gasteiger partial charge on any atom is -0.490 e. The van der Waals surface area contributed by atoms with Gasteiger partial charge in [-0.15, -0.1) is 0 Å². The fourth-order valence-corrected chi connectivity index (χ4v) is 7.48. The number of rotatable bonds is 42. The van der Waals surface area contributed by atoms with Crippen LogP contribution in [0.3, 0.4) is 0 Å². The van der Waals surface area contributed by atoms with E-state index in [-0.39, 0.29) is 47.7 Å². The first-order chi connectivity index (χ1) is 29.6. The van der Waals surface area contributed by atoms with E-state index < -0.39 is 20.2 Å². The highest BCUT2D eigenvalue weighted by atomic mass is 32.2. The van der Waals surface area contributed by atoms with Crippen molar-refractivity contribution in [3.8, 4) is 11.5 Å². The van der Waals surface area contributed by atoms with Gasteiger partial charge >= 0.3 is 0 Å². The first-order valence-corrected chi connectivity index (χ1v) is 24.9. The number of aryl methyl sites for hydroxylation is 2. The fourth-order valence-electron chi connectivity index (χ4n) is 6.12. The van der Waals surface area contributed by atoms with Gasteiger partial charge in [-0.25, -0.2) is 0 Å². The molecule has 0 heterocycles. The van der Waals surface area contributed by atoms with Gasteiger partial charge < -0.3 is 42.6 Å². The molecule has 2 aromatic rings. The molecule has 0 saturated carbocycles. The van der Waals surface area contributed by atoms with Gasteiger partial charge in [0.1, 0.15) is 34.5 Å². The van der Waals surface area contributed by atoms with Gasteiger partial charge in [-0.2, -0.15) is 16.8 Å². The summed E-state index contributed by atoms with van der Waals surface area (Å²) < 4.78 is 117. The standard InChI is InChI=1S/C44H74O15S2/c1-3-5-7-9-11-13-15-39-17-19-41(43(37-39)60(45,46)47)58-35-33-56-31-29-54-27-25-52-23-21-51-22-24-53-26-28-55-30-32-57-34-36-59-42-20-18-40(38-44(42)61(48,49)50)16-14-12-10-8-6-4-2/h17-20,37-38H,3-16,21-36H2,1-2H3,(H,45,46,47)(H,48,49,50). The molecule has 0 fully saturated rings. The molecule has 61 heavy (non-hydrogen) atoms. The quantitative estimate of drug-likeness (QED) is 0.0490. The molecule has 0 atom stereocenters. The molecular weight excluding hydrogens is 833 g/mol. The molecule has 2 N–H and O–H groups in total. The van der Waals surface area contributed by atoms with Crippen molar-refractivity contribution in [2.45, 2.75) is 114 Å². The van der Waals surface area contributed by atoms with Crippen molar-refractivity contribution in [3.05, 3.63) is 47.5 Å². The van der Waals surface area contributed by atoms with Gasteiger partial charge in [0, 0.05) is 0 Å². The van der Waals surface area contributed by atoms with E-state index in [0.717, 1.165) is 49.7 Å². The monoisotopic (exact) mass is 906 g/mol. The van der Waals surface area contributed by atoms with E-state index in [2.05, 4.69) is 13.8 Å². The molecule has 2 rings (SSSR count). The molecule has 0 radical (unpaired) electrons. The van der Waals surface area contributed by atoms with Crippen LogP contribution in [0.5, 0.6) is 11.5 Å². The maximum atomic E-state index is 12.0. The van der Waals surface area contributed by atoms with E-state index in [4.69, 9.17) is 42.6 Å². The van der Waals surface area contributed by atoms with Gasteiger partial charge in [-0.3, -0.25) is 9.11 Å². The van der Waals surface area contributed by atoms with E-state index in [0.29, 0.717) is 79.3 Å². The Balaban J connectivity index is 1.36. The van der Waals surface area contributed by atoms with Crippen molar-refractivity contribution < 1.29 is 68.6 Å². The zero-order chi connectivity index (χ0) is 44.3. The Morgan fingerprint density at radius 1 is 0.377 bits per heavy atom. The lowest BCUT2D eigenvalue weighted by Gasteiger charge is -2.12. The predicted molar refractivity (Wildman–Crippen MR) is 233 cm³/mol. The zero-order valence-corrected chi connectivity index (χ0v) is 38.3. The van der Waals surface area contributed by atoms with Gasteiger partial charge in [-0.05, 0) is 61.1 Å². The number of hydrogen-bond acceptors (Lipinski definition) is 13. The van der Waals surface area contributed by atoms with Crippen molar-refractivity contribution in [1.82, 2.24) is 0 Å². The summed E-state index contributed by atoms with van der Waals surface area (Å²) in [6, 6.07) is 9.82. The second-order valence-corrected chi connectivity index (χ2v) is 17.3. The Kier molecular flexibility index (Phi) is 31.4. The van der Waals surface area contributed by atoms with Gasteiger partial charge in [-0.1, -0.05) is 90.2 Å². The van der Waals surface area contributed by atoms with Crippen molar-refractivity contribution in [3.63, 3.8) is 0 Å². The molecule has 0 spiro atoms. The molecule has 0 aromatic heterocycles. The maximum absolute atomic E-state index is 12.0. The number of benzene rings is 2. The molecule has 0 bridgehead atoms. The molecule has 352 valence electrons. The average molecular weight is 907 g/mol. The second kappa shape index (κ2) is 35.0. The Hall–Kier alpha value is -2.42. The summed E-state index contributed by atoms with van der Waals surface area (Å²) in [7, 11) is -8.85. The number of hydrogen-bond donors (Lipinski definition) is 2. The van der Waals surface area contributed by atoms with Gasteiger partial charge in [0.15, 0.2) is 0 Å². The third kappa shape index (κ3) is 28.1. The zero-order valence-electron chi connectivity index (χ0n) is 36.7. The summed E-state index contributed by atoms with van der Waals surface area (Å²) in [6.07, 6.45) is 15.2. The minimum absolute atomic E-state index is 0.104. The third-order valence-corrected chi connectivity index (χ3v) is 11.2. The highest BCUT2D eigenvalue weighted by Gasteiger charge is 2.19. The Labute approximate surface area is 365 Å². The van der Waals surface area contributed by atoms with Crippen molar-refractivity contribution in [2.75, 3.05) is 106 Å². The third-order valence-electron chi connectivity index (χ3n) is 9.41. The molecule has 0 aliphatic carbocycles. The first kappa shape index (κ1) is 54.7. The molecule has 15 nitrogen and oxygen atoms in total. The molecule has 0 amide bonds. The SMILES string of the molecule is CCCCCCCCc1ccc(OCCOCCOCCOCCOCCOCCOCCOCCOc2ccc(CCCCCCCC)cc2S(=O)(=O)O)c(S(=O)(=O)O)c1. The Morgan fingerprint density at radius 3 is 0.918 bits per heavy atom. The highest BCUT2D eigenvalue weighted by molar-refractivity contribution is 7.86. The van der Waals surface area contributed by atoms with Crippen LogP contribution in [0.15, 0.2) is 46.2 Å². The normalized spacial score (nSPS) is 12.0. The number of ether oxygens (including phenoxy) is 9. The largest absolute Gasteiger partial charge is 0.490 e. The van der Waals surface area contributed by atoms with Gasteiger partial charge in [0.05, 0.1) is 92.5 Å². The van der Waals surface area contributed by atoms with E-state index in [9.17, 15) is 25.9 Å². The maximum Gasteiger partial charge on any atom is 0.298 e. The van der Waals surface area contributed by atoms with Crippen LogP contribution in [-0.2, 0) is 66.2 Å². The van der Waals surface area contributed by atoms with Crippen LogP contribution in [0.4, 0.5) is 0 Å². The average Bonchev–Trinajstić information content (AvgIpc) is 3.23. The summed E-state index contributed by atoms with van der Waals surface area (Å²) in [5.41, 5.74) is 1.70. The van der Waals surface area contributed by atoms with Crippen LogP contribution in [0.1, 0.15) is 102 Å². The number of unbranched alkanes of at least 4 members (excludes halogenated alkanes) is 10. The summed E-state index contributed by atoms with van der Waals surface area (Å²) in [5.74, 6) is 0.207. The van der Waals surface area contributed by atoms with Crippen LogP contribution in [0.25, 0.3) is 0 Å². The van der Waals surface area contributed by atoms with Crippen molar-refractivity contribution >= 4 is 20.2 Å². The lowest BCUT2D eigenvalue weighted by molar-refractivity contribution is -0.0219. The summed E-state index contributed by atoms with van der Waals surface area (Å²) in [5, 5.41) is 0. The summed E-state index contributed by atoms with van der Waals surface area (Å²) in [4.78, 5) is -0.445. The van der Waals surface area contributed by atoms with E-state index in [1.165, 1.54) is 63.5 Å². The lowest BCUT2D eigenvalue weighted by atomic mass is 10.0. The highest BCUT2D eigenvalue weighted by Crippen LogP contribution is 2.27. The predicted octanol–water partition coefficient (Wildman–Crippen LogP) is 7.56. The van der Waals surface area contributed by atoms with Crippen LogP contribution < -0.4 is 9.47 Å². The molecule has 0 unspecified atom stereocenters. The fraction of sp³-hybridized carbons (Fsp3) is 0.727. The topological polar surface area (TPSA) is 192 Å². The second-order valence-electron chi connectivity index (χ2n) is 14.5. The van der Waals surface area contributed by atoms with Gasteiger partial charge in [0.2, 0.25) is 0 Å². The van der Waals surface area contributed by atoms with E-state index in [1.54, 1.807) is 12.1 Å². The van der Waals surface area contributed by atoms with Crippen LogP contribution in [0.2, 0.25) is 0 Å². The summed E-state index contributed by atoms with van der Waals surface area (Å²) >= 11 is 0. The summed E-state index contributed by atoms with van der Waals surface area (Å²) in [6.45, 7) is 9.77. The molecule has 0 aliphatic rings. The van der Waals surface area contributed by atoms with Crippen LogP contribution in [-0.4, -0.2) is 132 Å². The first-order valence-electron chi connectivity index (χ1n) is 22.1. The molecule has 17 heteroatoms. The lowest BCUT2D eigenvalue weighted by Crippen LogP contribution is -2.15. The minimum atomic E-state index is -4.42. The molecule has 0 saturated heterocycles. The molecule has 2 aromatic carbocycles. The van der Waals surface area contributed by atoms with Crippen LogP contribution >= 0.6 is 0 Å².